The number of halogens is 2. The van der Waals surface area contributed by atoms with E-state index in [2.05, 4.69) is 15.5 Å². The van der Waals surface area contributed by atoms with Crippen LogP contribution in [0.4, 0.5) is 14.5 Å². The summed E-state index contributed by atoms with van der Waals surface area (Å²) >= 11 is 0. The van der Waals surface area contributed by atoms with Crippen molar-refractivity contribution in [3.05, 3.63) is 47.8 Å². The van der Waals surface area contributed by atoms with Gasteiger partial charge in [-0.1, -0.05) is 18.2 Å². The molecule has 0 bridgehead atoms. The smallest absolute Gasteiger partial charge is 0.279 e. The van der Waals surface area contributed by atoms with Gasteiger partial charge in [-0.2, -0.15) is 5.10 Å². The van der Waals surface area contributed by atoms with Crippen LogP contribution in [-0.2, 0) is 4.79 Å². The first-order valence-electron chi connectivity index (χ1n) is 7.51. The molecule has 1 atom stereocenters. The van der Waals surface area contributed by atoms with Crippen molar-refractivity contribution in [2.45, 2.75) is 12.8 Å². The molecule has 1 aromatic carbocycles. The summed E-state index contributed by atoms with van der Waals surface area (Å²) in [5.74, 6) is -0.570. The summed E-state index contributed by atoms with van der Waals surface area (Å²) in [4.78, 5) is 25.7. The first-order valence-corrected chi connectivity index (χ1v) is 7.51. The van der Waals surface area contributed by atoms with Crippen LogP contribution in [0.1, 0.15) is 29.0 Å². The number of amides is 2. The molecule has 24 heavy (non-hydrogen) atoms. The topological polar surface area (TPSA) is 78.1 Å². The van der Waals surface area contributed by atoms with Gasteiger partial charge in [0.2, 0.25) is 5.91 Å². The number of para-hydroxylation sites is 1. The first-order chi connectivity index (χ1) is 11.5. The van der Waals surface area contributed by atoms with Gasteiger partial charge in [0.25, 0.3) is 12.3 Å². The number of nitrogens with zero attached hydrogens (tertiary/aromatic N) is 2. The van der Waals surface area contributed by atoms with Crippen LogP contribution in [-0.4, -0.2) is 35.1 Å². The number of rotatable bonds is 5. The lowest BCUT2D eigenvalue weighted by Crippen LogP contribution is -2.31. The van der Waals surface area contributed by atoms with Gasteiger partial charge in [-0.15, -0.1) is 0 Å². The van der Waals surface area contributed by atoms with Crippen molar-refractivity contribution in [3.63, 3.8) is 0 Å². The standard InChI is InChI=1S/C16H16F2N4O2/c17-15(18)12-7-13(21-20-12)16(24)19-8-10-6-14(23)22(9-10)11-4-2-1-3-5-11/h1-5,7,10,15H,6,8-9H2,(H,19,24)(H,20,21)/t10-/m1/s1. The number of H-pyrrole nitrogens is 1. The average Bonchev–Trinajstić information content (AvgIpc) is 3.20. The molecular formula is C16H16F2N4O2. The van der Waals surface area contributed by atoms with Gasteiger partial charge in [0.05, 0.1) is 0 Å². The predicted octanol–water partition coefficient (Wildman–Crippen LogP) is 2.13. The summed E-state index contributed by atoms with van der Waals surface area (Å²) < 4.78 is 25.0. The molecule has 6 nitrogen and oxygen atoms in total. The van der Waals surface area contributed by atoms with Crippen LogP contribution in [0, 0.1) is 5.92 Å². The number of aromatic nitrogens is 2. The Morgan fingerprint density at radius 1 is 1.38 bits per heavy atom. The summed E-state index contributed by atoms with van der Waals surface area (Å²) in [6.07, 6.45) is -2.37. The molecule has 2 heterocycles. The minimum atomic E-state index is -2.70. The fraction of sp³-hybridized carbons (Fsp3) is 0.312. The van der Waals surface area contributed by atoms with Crippen molar-refractivity contribution >= 4 is 17.5 Å². The Hall–Kier alpha value is -2.77. The van der Waals surface area contributed by atoms with E-state index in [1.165, 1.54) is 0 Å². The Kier molecular flexibility index (Phi) is 4.54. The van der Waals surface area contributed by atoms with Crippen molar-refractivity contribution in [2.75, 3.05) is 18.0 Å². The van der Waals surface area contributed by atoms with Gasteiger partial charge in [-0.05, 0) is 18.2 Å². The zero-order valence-corrected chi connectivity index (χ0v) is 12.7. The minimum Gasteiger partial charge on any atom is -0.350 e. The fourth-order valence-electron chi connectivity index (χ4n) is 2.67. The van der Waals surface area contributed by atoms with Crippen LogP contribution in [0.3, 0.4) is 0 Å². The van der Waals surface area contributed by atoms with Crippen LogP contribution in [0.5, 0.6) is 0 Å². The SMILES string of the molecule is O=C(NC[C@H]1CC(=O)N(c2ccccc2)C1)c1cc(C(F)F)[nH]n1. The number of anilines is 1. The van der Waals surface area contributed by atoms with E-state index in [-0.39, 0.29) is 24.1 Å². The third-order valence-electron chi connectivity index (χ3n) is 3.89. The molecule has 1 aliphatic heterocycles. The molecular weight excluding hydrogens is 318 g/mol. The average molecular weight is 334 g/mol. The Balaban J connectivity index is 1.55. The van der Waals surface area contributed by atoms with Crippen LogP contribution >= 0.6 is 0 Å². The zero-order chi connectivity index (χ0) is 17.1. The molecule has 3 rings (SSSR count). The molecule has 1 aromatic heterocycles. The van der Waals surface area contributed by atoms with E-state index in [1.54, 1.807) is 4.90 Å². The molecule has 0 spiro atoms. The van der Waals surface area contributed by atoms with Crippen LogP contribution in [0.25, 0.3) is 0 Å². The number of hydrogen-bond donors (Lipinski definition) is 2. The number of benzene rings is 1. The summed E-state index contributed by atoms with van der Waals surface area (Å²) in [6.45, 7) is 0.788. The second-order valence-corrected chi connectivity index (χ2v) is 5.63. The Morgan fingerprint density at radius 3 is 2.79 bits per heavy atom. The maximum atomic E-state index is 12.5. The van der Waals surface area contributed by atoms with Gasteiger partial charge in [0.1, 0.15) is 11.4 Å². The molecule has 0 saturated carbocycles. The molecule has 1 saturated heterocycles. The highest BCUT2D eigenvalue weighted by atomic mass is 19.3. The molecule has 2 N–H and O–H groups in total. The zero-order valence-electron chi connectivity index (χ0n) is 12.7. The molecule has 126 valence electrons. The van der Waals surface area contributed by atoms with Crippen LogP contribution < -0.4 is 10.2 Å². The Bertz CT molecular complexity index is 733. The molecule has 8 heteroatoms. The molecule has 0 radical (unpaired) electrons. The van der Waals surface area contributed by atoms with Crippen molar-refractivity contribution in [1.29, 1.82) is 0 Å². The third-order valence-corrected chi connectivity index (χ3v) is 3.89. The minimum absolute atomic E-state index is 0.000190. The van der Waals surface area contributed by atoms with Gasteiger partial charge in [0.15, 0.2) is 0 Å². The second-order valence-electron chi connectivity index (χ2n) is 5.63. The molecule has 0 unspecified atom stereocenters. The number of hydrogen-bond acceptors (Lipinski definition) is 3. The maximum Gasteiger partial charge on any atom is 0.279 e. The first kappa shape index (κ1) is 16.1. The third kappa shape index (κ3) is 3.42. The number of carbonyl (C=O) groups excluding carboxylic acids is 2. The largest absolute Gasteiger partial charge is 0.350 e. The summed E-state index contributed by atoms with van der Waals surface area (Å²) in [5, 5.41) is 8.33. The molecule has 1 fully saturated rings. The van der Waals surface area contributed by atoms with Gasteiger partial charge < -0.3 is 10.2 Å². The van der Waals surface area contributed by atoms with Crippen LogP contribution in [0.15, 0.2) is 36.4 Å². The second kappa shape index (κ2) is 6.77. The lowest BCUT2D eigenvalue weighted by atomic mass is 10.1. The van der Waals surface area contributed by atoms with E-state index < -0.39 is 18.0 Å². The molecule has 2 amide bonds. The van der Waals surface area contributed by atoms with E-state index in [4.69, 9.17) is 0 Å². The molecule has 0 aliphatic carbocycles. The quantitative estimate of drug-likeness (QED) is 0.879. The van der Waals surface area contributed by atoms with Crippen molar-refractivity contribution in [3.8, 4) is 0 Å². The van der Waals surface area contributed by atoms with Gasteiger partial charge in [0, 0.05) is 31.1 Å². The normalized spacial score (nSPS) is 17.5. The fourth-order valence-corrected chi connectivity index (χ4v) is 2.67. The van der Waals surface area contributed by atoms with Gasteiger partial charge in [-0.25, -0.2) is 8.78 Å². The highest BCUT2D eigenvalue weighted by molar-refractivity contribution is 5.96. The number of carbonyl (C=O) groups is 2. The van der Waals surface area contributed by atoms with Crippen molar-refractivity contribution in [2.24, 2.45) is 5.92 Å². The number of aromatic amines is 1. The monoisotopic (exact) mass is 334 g/mol. The summed E-state index contributed by atoms with van der Waals surface area (Å²) in [6, 6.07) is 10.3. The van der Waals surface area contributed by atoms with Gasteiger partial charge >= 0.3 is 0 Å². The Morgan fingerprint density at radius 2 is 2.12 bits per heavy atom. The number of nitrogens with one attached hydrogen (secondary N) is 2. The van der Waals surface area contributed by atoms with E-state index in [0.29, 0.717) is 13.0 Å². The lowest BCUT2D eigenvalue weighted by Gasteiger charge is -2.16. The lowest BCUT2D eigenvalue weighted by molar-refractivity contribution is -0.117. The van der Waals surface area contributed by atoms with Crippen molar-refractivity contribution in [1.82, 2.24) is 15.5 Å². The molecule has 1 aliphatic rings. The highest BCUT2D eigenvalue weighted by Crippen LogP contribution is 2.24. The number of alkyl halides is 2. The summed E-state index contributed by atoms with van der Waals surface area (Å²) in [5.41, 5.74) is 0.339. The Labute approximate surface area is 136 Å². The van der Waals surface area contributed by atoms with E-state index in [1.807, 2.05) is 30.3 Å². The van der Waals surface area contributed by atoms with Crippen molar-refractivity contribution < 1.29 is 18.4 Å². The maximum absolute atomic E-state index is 12.5. The van der Waals surface area contributed by atoms with E-state index in [0.717, 1.165) is 11.8 Å². The van der Waals surface area contributed by atoms with Crippen LogP contribution in [0.2, 0.25) is 0 Å². The molecule has 2 aromatic rings. The predicted molar refractivity (Wildman–Crippen MR) is 82.8 cm³/mol. The van der Waals surface area contributed by atoms with E-state index in [9.17, 15) is 18.4 Å². The van der Waals surface area contributed by atoms with Gasteiger partial charge in [-0.3, -0.25) is 14.7 Å². The highest BCUT2D eigenvalue weighted by Gasteiger charge is 2.30. The summed E-state index contributed by atoms with van der Waals surface area (Å²) in [7, 11) is 0. The van der Waals surface area contributed by atoms with E-state index >= 15 is 0 Å².